The summed E-state index contributed by atoms with van der Waals surface area (Å²) in [6.07, 6.45) is 11.1. The number of rotatable bonds is 6. The second-order valence-corrected chi connectivity index (χ2v) is 21.7. The lowest BCUT2D eigenvalue weighted by atomic mass is 9.70. The number of aryl methyl sites for hydroxylation is 2. The van der Waals surface area contributed by atoms with Crippen LogP contribution >= 0.6 is 0 Å². The minimum atomic E-state index is -0.289. The fraction of sp³-hybridized carbons (Fsp3) is 0.219. The Balaban J connectivity index is 1.14. The van der Waals surface area contributed by atoms with Gasteiger partial charge in [-0.05, 0) is 182 Å². The zero-order valence-corrected chi connectivity index (χ0v) is 39.8. The van der Waals surface area contributed by atoms with Crippen molar-refractivity contribution in [2.75, 3.05) is 9.80 Å². The molecule has 0 spiro atoms. The van der Waals surface area contributed by atoms with Crippen molar-refractivity contribution in [1.29, 1.82) is 0 Å². The van der Waals surface area contributed by atoms with Crippen molar-refractivity contribution in [3.63, 3.8) is 0 Å². The summed E-state index contributed by atoms with van der Waals surface area (Å²) in [6.45, 7) is 16.5. The molecular formula is C64H54F2N2. The largest absolute Gasteiger partial charge is 0.310 e. The molecule has 9 aromatic carbocycles. The molecule has 2 unspecified atom stereocenters. The highest BCUT2D eigenvalue weighted by Gasteiger charge is 2.47. The smallest absolute Gasteiger partial charge is 0.123 e. The van der Waals surface area contributed by atoms with Gasteiger partial charge >= 0.3 is 0 Å². The van der Waals surface area contributed by atoms with Crippen LogP contribution in [-0.2, 0) is 22.7 Å². The lowest BCUT2D eigenvalue weighted by Gasteiger charge is -2.38. The van der Waals surface area contributed by atoms with Gasteiger partial charge in [0, 0.05) is 38.9 Å². The van der Waals surface area contributed by atoms with Gasteiger partial charge in [0.15, 0.2) is 0 Å². The van der Waals surface area contributed by atoms with Crippen molar-refractivity contribution < 1.29 is 8.78 Å². The topological polar surface area (TPSA) is 6.48 Å². The number of anilines is 6. The Morgan fingerprint density at radius 1 is 0.515 bits per heavy atom. The third-order valence-corrected chi connectivity index (χ3v) is 16.7. The molecule has 2 atom stereocenters. The molecule has 9 aromatic rings. The Hall–Kier alpha value is -7.04. The average Bonchev–Trinajstić information content (AvgIpc) is 3.72. The minimum absolute atomic E-state index is 0.110. The predicted molar refractivity (Wildman–Crippen MR) is 281 cm³/mol. The van der Waals surface area contributed by atoms with Gasteiger partial charge in [0.2, 0.25) is 0 Å². The Morgan fingerprint density at radius 2 is 1.13 bits per heavy atom. The minimum Gasteiger partial charge on any atom is -0.310 e. The van der Waals surface area contributed by atoms with Crippen LogP contribution < -0.4 is 9.80 Å². The van der Waals surface area contributed by atoms with E-state index in [9.17, 15) is 4.39 Å². The molecule has 4 aliphatic rings. The maximum absolute atomic E-state index is 15.0. The van der Waals surface area contributed by atoms with Crippen LogP contribution in [-0.4, -0.2) is 0 Å². The van der Waals surface area contributed by atoms with Gasteiger partial charge in [-0.25, -0.2) is 8.78 Å². The first-order chi connectivity index (χ1) is 32.7. The van der Waals surface area contributed by atoms with E-state index in [-0.39, 0.29) is 33.8 Å². The van der Waals surface area contributed by atoms with E-state index in [1.165, 1.54) is 77.0 Å². The summed E-state index contributed by atoms with van der Waals surface area (Å²) >= 11 is 0. The van der Waals surface area contributed by atoms with Crippen LogP contribution in [0.25, 0.3) is 43.4 Å². The van der Waals surface area contributed by atoms with Gasteiger partial charge in [0.1, 0.15) is 11.6 Å². The van der Waals surface area contributed by atoms with Crippen LogP contribution in [0.1, 0.15) is 92.8 Å². The molecule has 0 N–H and O–H groups in total. The van der Waals surface area contributed by atoms with Crippen molar-refractivity contribution in [1.82, 2.24) is 0 Å². The molecule has 68 heavy (non-hydrogen) atoms. The molecule has 0 aliphatic heterocycles. The zero-order chi connectivity index (χ0) is 46.6. The molecule has 0 saturated carbocycles. The predicted octanol–water partition coefficient (Wildman–Crippen LogP) is 17.8. The van der Waals surface area contributed by atoms with Gasteiger partial charge < -0.3 is 9.80 Å². The fourth-order valence-electron chi connectivity index (χ4n) is 13.5. The van der Waals surface area contributed by atoms with Crippen LogP contribution in [0.15, 0.2) is 164 Å². The zero-order valence-electron chi connectivity index (χ0n) is 39.8. The van der Waals surface area contributed by atoms with E-state index in [2.05, 4.69) is 174 Å². The first kappa shape index (κ1) is 41.2. The highest BCUT2D eigenvalue weighted by Crippen LogP contribution is 2.60. The Bertz CT molecular complexity index is 3650. The molecule has 0 radical (unpaired) electrons. The van der Waals surface area contributed by atoms with Gasteiger partial charge in [-0.2, -0.15) is 0 Å². The second-order valence-electron chi connectivity index (χ2n) is 21.7. The summed E-state index contributed by atoms with van der Waals surface area (Å²) in [4.78, 5) is 4.86. The molecule has 4 aliphatic carbocycles. The number of benzene rings is 9. The van der Waals surface area contributed by atoms with E-state index < -0.39 is 0 Å². The third kappa shape index (κ3) is 5.61. The summed E-state index contributed by atoms with van der Waals surface area (Å²) < 4.78 is 30.0. The SMILES string of the molecule is Cc1cc(N(c2ccc(F)cc2)c2cccc3c2C(C)(C)C2C=CC=CC32)c2cc3c4c(cc(N(c5ccc(F)cc5)c5cccc6c5C(C)(C)c5ccccc5-6)c5ccc1c2c54)CCC3(C)C. The van der Waals surface area contributed by atoms with Crippen molar-refractivity contribution >= 4 is 66.4 Å². The standard InChI is InChI=1S/C64H54F2N2/c1-37-34-55(67(41-26-22-39(65)23-27-41)53-20-12-16-46-44-14-8-10-18-50(44)63(4,5)60(46)53)49-36-52-57-38(32-33-62(52,2)3)35-56(48-31-30-43(37)58(49)59(48)57)68(42-28-24-40(66)25-29-42)54-21-13-17-47-45-15-9-11-19-51(45)64(6,7)61(47)54/h8-31,34-36,44,50H,32-33H2,1-7H3. The Labute approximate surface area is 398 Å². The van der Waals surface area contributed by atoms with E-state index in [0.29, 0.717) is 5.92 Å². The molecule has 0 bridgehead atoms. The van der Waals surface area contributed by atoms with Crippen LogP contribution in [0.4, 0.5) is 42.9 Å². The van der Waals surface area contributed by atoms with E-state index in [0.717, 1.165) is 52.4 Å². The number of hydrogen-bond donors (Lipinski definition) is 0. The lowest BCUT2D eigenvalue weighted by molar-refractivity contribution is 0.395. The number of allylic oxidation sites excluding steroid dienone is 4. The van der Waals surface area contributed by atoms with Crippen LogP contribution in [0, 0.1) is 24.5 Å². The summed E-state index contributed by atoms with van der Waals surface area (Å²) in [5, 5.41) is 7.40. The van der Waals surface area contributed by atoms with Crippen molar-refractivity contribution in [3.8, 4) is 11.1 Å². The highest BCUT2D eigenvalue weighted by molar-refractivity contribution is 6.30. The first-order valence-corrected chi connectivity index (χ1v) is 24.4. The fourth-order valence-corrected chi connectivity index (χ4v) is 13.5. The number of fused-ring (bicyclic) bond motifs is 6. The van der Waals surface area contributed by atoms with Crippen LogP contribution in [0.3, 0.4) is 0 Å². The van der Waals surface area contributed by atoms with Gasteiger partial charge in [-0.15, -0.1) is 0 Å². The van der Waals surface area contributed by atoms with Crippen LogP contribution in [0.5, 0.6) is 0 Å². The molecule has 0 saturated heterocycles. The van der Waals surface area contributed by atoms with Crippen molar-refractivity contribution in [2.24, 2.45) is 5.92 Å². The molecule has 2 nitrogen and oxygen atoms in total. The van der Waals surface area contributed by atoms with E-state index >= 15 is 4.39 Å². The number of hydrogen-bond acceptors (Lipinski definition) is 2. The molecular weight excluding hydrogens is 835 g/mol. The number of halogens is 2. The summed E-state index contributed by atoms with van der Waals surface area (Å²) in [7, 11) is 0. The molecule has 334 valence electrons. The van der Waals surface area contributed by atoms with Crippen molar-refractivity contribution in [3.05, 3.63) is 214 Å². The summed E-state index contributed by atoms with van der Waals surface area (Å²) in [6, 6.07) is 48.5. The lowest BCUT2D eigenvalue weighted by Crippen LogP contribution is -2.26. The van der Waals surface area contributed by atoms with E-state index in [1.54, 1.807) is 24.3 Å². The van der Waals surface area contributed by atoms with Crippen LogP contribution in [0.2, 0.25) is 0 Å². The first-order valence-electron chi connectivity index (χ1n) is 24.4. The molecule has 0 heterocycles. The summed E-state index contributed by atoms with van der Waals surface area (Å²) in [5.74, 6) is 0.0804. The van der Waals surface area contributed by atoms with Gasteiger partial charge in [-0.1, -0.05) is 127 Å². The summed E-state index contributed by atoms with van der Waals surface area (Å²) in [5.41, 5.74) is 17.3. The molecule has 0 aromatic heterocycles. The third-order valence-electron chi connectivity index (χ3n) is 16.7. The molecule has 4 heteroatoms. The molecule has 0 fully saturated rings. The second kappa shape index (κ2) is 14.2. The van der Waals surface area contributed by atoms with Crippen molar-refractivity contribution in [2.45, 2.75) is 83.5 Å². The Kier molecular flexibility index (Phi) is 8.63. The maximum atomic E-state index is 15.0. The highest BCUT2D eigenvalue weighted by atomic mass is 19.1. The van der Waals surface area contributed by atoms with E-state index in [1.807, 2.05) is 24.3 Å². The van der Waals surface area contributed by atoms with E-state index in [4.69, 9.17) is 0 Å². The molecule has 0 amide bonds. The average molecular weight is 889 g/mol. The normalized spacial score (nSPS) is 18.8. The monoisotopic (exact) mass is 888 g/mol. The van der Waals surface area contributed by atoms with Gasteiger partial charge in [0.05, 0.1) is 22.7 Å². The maximum Gasteiger partial charge on any atom is 0.123 e. The van der Waals surface area contributed by atoms with Gasteiger partial charge in [-0.3, -0.25) is 0 Å². The van der Waals surface area contributed by atoms with Gasteiger partial charge in [0.25, 0.3) is 0 Å². The quantitative estimate of drug-likeness (QED) is 0.154. The number of nitrogens with zero attached hydrogens (tertiary/aromatic N) is 2. The Morgan fingerprint density at radius 3 is 1.85 bits per heavy atom. The molecule has 13 rings (SSSR count).